The summed E-state index contributed by atoms with van der Waals surface area (Å²) in [6, 6.07) is 25.1. The van der Waals surface area contributed by atoms with Gasteiger partial charge in [0.25, 0.3) is 5.91 Å². The van der Waals surface area contributed by atoms with E-state index in [0.717, 1.165) is 5.56 Å². The van der Waals surface area contributed by atoms with Gasteiger partial charge in [0.05, 0.1) is 17.1 Å². The molecule has 192 valence electrons. The second-order valence-corrected chi connectivity index (χ2v) is 11.2. The monoisotopic (exact) mass is 519 g/mol. The first-order chi connectivity index (χ1) is 17.9. The molecule has 0 unspecified atom stereocenters. The molecule has 9 heteroatoms. The number of benzene rings is 3. The molecule has 3 aromatic carbocycles. The molecule has 1 atom stereocenters. The van der Waals surface area contributed by atoms with Gasteiger partial charge in [-0.1, -0.05) is 60.7 Å². The Morgan fingerprint density at radius 3 is 2.19 bits per heavy atom. The van der Waals surface area contributed by atoms with Crippen LogP contribution in [0.25, 0.3) is 0 Å². The number of ether oxygens (including phenoxy) is 1. The molecule has 2 amide bonds. The van der Waals surface area contributed by atoms with E-state index in [1.165, 1.54) is 4.31 Å². The van der Waals surface area contributed by atoms with Gasteiger partial charge < -0.3 is 15.0 Å². The molecule has 0 aliphatic carbocycles. The summed E-state index contributed by atoms with van der Waals surface area (Å²) < 4.78 is 33.4. The normalized spacial score (nSPS) is 18.5. The summed E-state index contributed by atoms with van der Waals surface area (Å²) in [6.45, 7) is 0.990. The lowest BCUT2D eigenvalue weighted by Gasteiger charge is -2.38. The van der Waals surface area contributed by atoms with Gasteiger partial charge in [0.2, 0.25) is 15.9 Å². The highest BCUT2D eigenvalue weighted by Gasteiger charge is 2.38. The van der Waals surface area contributed by atoms with E-state index < -0.39 is 16.1 Å². The summed E-state index contributed by atoms with van der Waals surface area (Å²) in [5.74, 6) is -0.277. The van der Waals surface area contributed by atoms with Crippen molar-refractivity contribution in [2.75, 3.05) is 24.5 Å². The fraction of sp³-hybridized carbons (Fsp3) is 0.286. The Kier molecular flexibility index (Phi) is 7.25. The fourth-order valence-electron chi connectivity index (χ4n) is 4.78. The van der Waals surface area contributed by atoms with Gasteiger partial charge in [0.1, 0.15) is 5.75 Å². The molecule has 2 aliphatic heterocycles. The van der Waals surface area contributed by atoms with Gasteiger partial charge in [0, 0.05) is 25.6 Å². The third kappa shape index (κ3) is 5.38. The van der Waals surface area contributed by atoms with Gasteiger partial charge >= 0.3 is 0 Å². The minimum absolute atomic E-state index is 0.0962. The molecule has 2 heterocycles. The molecule has 1 fully saturated rings. The smallest absolute Gasteiger partial charge is 0.263 e. The van der Waals surface area contributed by atoms with E-state index in [4.69, 9.17) is 4.74 Å². The first kappa shape index (κ1) is 25.0. The summed E-state index contributed by atoms with van der Waals surface area (Å²) in [6.07, 6.45) is -0.0222. The van der Waals surface area contributed by atoms with E-state index in [9.17, 15) is 18.0 Å². The van der Waals surface area contributed by atoms with Crippen molar-refractivity contribution in [3.8, 4) is 5.75 Å². The third-order valence-corrected chi connectivity index (χ3v) is 8.74. The molecule has 5 rings (SSSR count). The van der Waals surface area contributed by atoms with Crippen LogP contribution in [0, 0.1) is 5.92 Å². The zero-order valence-electron chi connectivity index (χ0n) is 20.3. The zero-order chi connectivity index (χ0) is 25.8. The van der Waals surface area contributed by atoms with E-state index >= 15 is 0 Å². The topological polar surface area (TPSA) is 96.0 Å². The summed E-state index contributed by atoms with van der Waals surface area (Å²) in [4.78, 5) is 28.5. The Labute approximate surface area is 216 Å². The summed E-state index contributed by atoms with van der Waals surface area (Å²) in [5, 5.41) is 2.90. The lowest BCUT2D eigenvalue weighted by atomic mass is 9.95. The van der Waals surface area contributed by atoms with Crippen molar-refractivity contribution in [1.82, 2.24) is 9.62 Å². The molecule has 1 saturated heterocycles. The molecule has 0 aromatic heterocycles. The van der Waals surface area contributed by atoms with Crippen LogP contribution in [0.5, 0.6) is 5.75 Å². The average molecular weight is 520 g/mol. The van der Waals surface area contributed by atoms with E-state index in [1.54, 1.807) is 53.4 Å². The molecule has 8 nitrogen and oxygen atoms in total. The van der Waals surface area contributed by atoms with Crippen LogP contribution in [0.4, 0.5) is 5.69 Å². The predicted octanol–water partition coefficient (Wildman–Crippen LogP) is 3.20. The van der Waals surface area contributed by atoms with Gasteiger partial charge in [0.15, 0.2) is 6.10 Å². The number of amides is 2. The van der Waals surface area contributed by atoms with Gasteiger partial charge in [-0.25, -0.2) is 8.42 Å². The van der Waals surface area contributed by atoms with Crippen molar-refractivity contribution in [2.24, 2.45) is 5.92 Å². The number of nitrogens with zero attached hydrogens (tertiary/aromatic N) is 2. The number of para-hydroxylation sites is 2. The Morgan fingerprint density at radius 1 is 0.865 bits per heavy atom. The maximum Gasteiger partial charge on any atom is 0.263 e. The third-order valence-electron chi connectivity index (χ3n) is 6.83. The van der Waals surface area contributed by atoms with Crippen molar-refractivity contribution in [3.05, 3.63) is 90.5 Å². The first-order valence-electron chi connectivity index (χ1n) is 12.4. The van der Waals surface area contributed by atoms with Crippen LogP contribution in [0.1, 0.15) is 18.4 Å². The van der Waals surface area contributed by atoms with Gasteiger partial charge in [-0.05, 0) is 42.7 Å². The number of nitrogens with one attached hydrogen (secondary N) is 1. The SMILES string of the molecule is O=C(NCc1ccccc1)[C@@H]1CN(C(=O)C2CCN(S(=O)(=O)c3ccccc3)CC2)c2ccccc2O1. The molecule has 0 spiro atoms. The first-order valence-corrected chi connectivity index (χ1v) is 13.8. The van der Waals surface area contributed by atoms with Crippen LogP contribution in [0.2, 0.25) is 0 Å². The minimum Gasteiger partial charge on any atom is -0.477 e. The van der Waals surface area contributed by atoms with Crippen LogP contribution in [-0.2, 0) is 26.2 Å². The number of carbonyl (C=O) groups excluding carboxylic acids is 2. The number of sulfonamides is 1. The molecule has 2 aliphatic rings. The Balaban J connectivity index is 1.27. The number of hydrogen-bond donors (Lipinski definition) is 1. The van der Waals surface area contributed by atoms with Crippen molar-refractivity contribution in [3.63, 3.8) is 0 Å². The molecule has 1 N–H and O–H groups in total. The lowest BCUT2D eigenvalue weighted by Crippen LogP contribution is -2.53. The molecular formula is C28H29N3O5S. The Hall–Kier alpha value is -3.69. The lowest BCUT2D eigenvalue weighted by molar-refractivity contribution is -0.129. The highest BCUT2D eigenvalue weighted by atomic mass is 32.2. The van der Waals surface area contributed by atoms with E-state index in [2.05, 4.69) is 5.32 Å². The number of piperidine rings is 1. The molecular weight excluding hydrogens is 490 g/mol. The van der Waals surface area contributed by atoms with Gasteiger partial charge in [-0.2, -0.15) is 4.31 Å². The summed E-state index contributed by atoms with van der Waals surface area (Å²) in [7, 11) is -3.60. The summed E-state index contributed by atoms with van der Waals surface area (Å²) in [5.41, 5.74) is 1.59. The van der Waals surface area contributed by atoms with Crippen molar-refractivity contribution >= 4 is 27.5 Å². The van der Waals surface area contributed by atoms with Crippen molar-refractivity contribution in [2.45, 2.75) is 30.4 Å². The number of fused-ring (bicyclic) bond motifs is 1. The number of anilines is 1. The number of carbonyl (C=O) groups is 2. The zero-order valence-corrected chi connectivity index (χ0v) is 21.1. The molecule has 0 radical (unpaired) electrons. The van der Waals surface area contributed by atoms with Gasteiger partial charge in [-0.3, -0.25) is 9.59 Å². The second-order valence-electron chi connectivity index (χ2n) is 9.22. The maximum atomic E-state index is 13.7. The minimum atomic E-state index is -3.60. The van der Waals surface area contributed by atoms with Crippen LogP contribution >= 0.6 is 0 Å². The highest BCUT2D eigenvalue weighted by Crippen LogP contribution is 2.35. The maximum absolute atomic E-state index is 13.7. The highest BCUT2D eigenvalue weighted by molar-refractivity contribution is 7.89. The van der Waals surface area contributed by atoms with Crippen LogP contribution in [-0.4, -0.2) is 50.3 Å². The Bertz CT molecular complexity index is 1360. The quantitative estimate of drug-likeness (QED) is 0.540. The molecule has 37 heavy (non-hydrogen) atoms. The van der Waals surface area contributed by atoms with Crippen LogP contribution < -0.4 is 15.0 Å². The number of rotatable bonds is 6. The number of hydrogen-bond acceptors (Lipinski definition) is 5. The predicted molar refractivity (Wildman–Crippen MR) is 139 cm³/mol. The largest absolute Gasteiger partial charge is 0.477 e. The molecule has 3 aromatic rings. The molecule has 0 saturated carbocycles. The fourth-order valence-corrected chi connectivity index (χ4v) is 6.27. The van der Waals surface area contributed by atoms with Gasteiger partial charge in [-0.15, -0.1) is 0 Å². The molecule has 0 bridgehead atoms. The van der Waals surface area contributed by atoms with Crippen LogP contribution in [0.15, 0.2) is 89.8 Å². The standard InChI is InChI=1S/C28H29N3O5S/c32-27(29-19-21-9-3-1-4-10-21)26-20-31(24-13-7-8-14-25(24)36-26)28(33)22-15-17-30(18-16-22)37(34,35)23-11-5-2-6-12-23/h1-14,22,26H,15-20H2,(H,29,32)/t26-/m0/s1. The van der Waals surface area contributed by atoms with Crippen molar-refractivity contribution < 1.29 is 22.7 Å². The van der Waals surface area contributed by atoms with E-state index in [0.29, 0.717) is 30.8 Å². The Morgan fingerprint density at radius 2 is 1.49 bits per heavy atom. The van der Waals surface area contributed by atoms with Crippen LogP contribution in [0.3, 0.4) is 0 Å². The van der Waals surface area contributed by atoms with E-state index in [1.807, 2.05) is 36.4 Å². The van der Waals surface area contributed by atoms with E-state index in [-0.39, 0.29) is 42.3 Å². The summed E-state index contributed by atoms with van der Waals surface area (Å²) >= 11 is 0. The van der Waals surface area contributed by atoms with Crippen molar-refractivity contribution in [1.29, 1.82) is 0 Å². The average Bonchev–Trinajstić information content (AvgIpc) is 2.96. The second kappa shape index (κ2) is 10.7.